The second-order valence-electron chi connectivity index (χ2n) is 7.24. The third-order valence-electron chi connectivity index (χ3n) is 4.59. The molecule has 0 aromatic heterocycles. The van der Waals surface area contributed by atoms with Gasteiger partial charge in [0.2, 0.25) is 5.91 Å². The number of benzene rings is 1. The highest BCUT2D eigenvalue weighted by molar-refractivity contribution is 5.79. The second kappa shape index (κ2) is 8.51. The molecule has 1 aromatic rings. The van der Waals surface area contributed by atoms with E-state index in [0.29, 0.717) is 13.0 Å². The number of ether oxygens (including phenoxy) is 1. The van der Waals surface area contributed by atoms with Gasteiger partial charge in [0.15, 0.2) is 0 Å². The Morgan fingerprint density at radius 1 is 1.35 bits per heavy atom. The van der Waals surface area contributed by atoms with Gasteiger partial charge < -0.3 is 25.4 Å². The number of hydrogen-bond acceptors (Lipinski definition) is 4. The third kappa shape index (κ3) is 4.74. The van der Waals surface area contributed by atoms with Crippen LogP contribution in [0.3, 0.4) is 0 Å². The number of carbonyl (C=O) groups excluding carboxylic acids is 2. The zero-order valence-corrected chi connectivity index (χ0v) is 15.9. The lowest BCUT2D eigenvalue weighted by molar-refractivity contribution is -0.131. The van der Waals surface area contributed by atoms with Crippen LogP contribution in [-0.2, 0) is 9.53 Å². The lowest BCUT2D eigenvalue weighted by Gasteiger charge is -2.49. The fraction of sp³-hybridized carbons (Fsp3) is 0.579. The van der Waals surface area contributed by atoms with E-state index in [4.69, 9.17) is 4.74 Å². The third-order valence-corrected chi connectivity index (χ3v) is 4.59. The van der Waals surface area contributed by atoms with Gasteiger partial charge in [-0.2, -0.15) is 0 Å². The zero-order chi connectivity index (χ0) is 19.3. The van der Waals surface area contributed by atoms with E-state index in [9.17, 15) is 14.7 Å². The largest absolute Gasteiger partial charge is 0.388 e. The van der Waals surface area contributed by atoms with E-state index in [1.807, 2.05) is 44.2 Å². The van der Waals surface area contributed by atoms with Crippen molar-refractivity contribution in [1.29, 1.82) is 0 Å². The van der Waals surface area contributed by atoms with E-state index in [2.05, 4.69) is 10.6 Å². The summed E-state index contributed by atoms with van der Waals surface area (Å²) >= 11 is 0. The molecule has 3 amide bonds. The van der Waals surface area contributed by atoms with Gasteiger partial charge in [0.25, 0.3) is 0 Å². The number of hydrogen-bond donors (Lipinski definition) is 3. The van der Waals surface area contributed by atoms with Crippen molar-refractivity contribution in [2.45, 2.75) is 50.9 Å². The molecule has 3 N–H and O–H groups in total. The minimum absolute atomic E-state index is 0.0112. The van der Waals surface area contributed by atoms with E-state index in [-0.39, 0.29) is 24.6 Å². The van der Waals surface area contributed by atoms with Gasteiger partial charge >= 0.3 is 6.03 Å². The highest BCUT2D eigenvalue weighted by Crippen LogP contribution is 2.37. The van der Waals surface area contributed by atoms with Crippen LogP contribution in [0, 0.1) is 0 Å². The maximum Gasteiger partial charge on any atom is 0.318 e. The number of nitrogens with one attached hydrogen (secondary N) is 2. The maximum absolute atomic E-state index is 12.8. The maximum atomic E-state index is 12.8. The van der Waals surface area contributed by atoms with Gasteiger partial charge in [0.05, 0.1) is 17.7 Å². The summed E-state index contributed by atoms with van der Waals surface area (Å²) in [4.78, 5) is 26.6. The number of amides is 3. The van der Waals surface area contributed by atoms with Crippen LogP contribution in [0.25, 0.3) is 0 Å². The first-order valence-corrected chi connectivity index (χ1v) is 8.89. The van der Waals surface area contributed by atoms with Crippen molar-refractivity contribution in [3.05, 3.63) is 35.9 Å². The highest BCUT2D eigenvalue weighted by atomic mass is 16.5. The molecule has 7 nitrogen and oxygen atoms in total. The first-order chi connectivity index (χ1) is 12.3. The molecule has 144 valence electrons. The summed E-state index contributed by atoms with van der Waals surface area (Å²) in [6, 6.07) is 8.09. The van der Waals surface area contributed by atoms with Crippen LogP contribution in [0.1, 0.15) is 38.8 Å². The summed E-state index contributed by atoms with van der Waals surface area (Å²) in [6.45, 7) is 5.77. The molecule has 1 saturated heterocycles. The van der Waals surface area contributed by atoms with Crippen LogP contribution in [0.4, 0.5) is 4.79 Å². The fourth-order valence-electron chi connectivity index (χ4n) is 3.32. The smallest absolute Gasteiger partial charge is 0.318 e. The van der Waals surface area contributed by atoms with Crippen LogP contribution < -0.4 is 10.6 Å². The average Bonchev–Trinajstić information content (AvgIpc) is 2.56. The molecule has 0 spiro atoms. The normalized spacial score (nSPS) is 25.8. The SMILES string of the molecule is COCC(=O)NC1C(c2ccccc2)N(C(=O)NC(C)C)CCC1(C)O. The van der Waals surface area contributed by atoms with Crippen molar-refractivity contribution >= 4 is 11.9 Å². The van der Waals surface area contributed by atoms with Gasteiger partial charge in [-0.25, -0.2) is 4.79 Å². The summed E-state index contributed by atoms with van der Waals surface area (Å²) in [6.07, 6.45) is 0.361. The Balaban J connectivity index is 2.40. The molecular formula is C19H29N3O4. The van der Waals surface area contributed by atoms with Gasteiger partial charge in [0.1, 0.15) is 6.61 Å². The van der Waals surface area contributed by atoms with Crippen molar-refractivity contribution in [1.82, 2.24) is 15.5 Å². The number of rotatable bonds is 5. The monoisotopic (exact) mass is 363 g/mol. The summed E-state index contributed by atoms with van der Waals surface area (Å²) in [5.74, 6) is -0.329. The predicted octanol–water partition coefficient (Wildman–Crippen LogP) is 1.43. The predicted molar refractivity (Wildman–Crippen MR) is 98.6 cm³/mol. The van der Waals surface area contributed by atoms with Crippen LogP contribution in [0.2, 0.25) is 0 Å². The van der Waals surface area contributed by atoms with Gasteiger partial charge in [-0.3, -0.25) is 4.79 Å². The summed E-state index contributed by atoms with van der Waals surface area (Å²) < 4.78 is 4.89. The number of methoxy groups -OCH3 is 1. The lowest BCUT2D eigenvalue weighted by atomic mass is 9.79. The fourth-order valence-corrected chi connectivity index (χ4v) is 3.32. The highest BCUT2D eigenvalue weighted by Gasteiger charge is 2.47. The Bertz CT molecular complexity index is 618. The van der Waals surface area contributed by atoms with Gasteiger partial charge in [-0.1, -0.05) is 30.3 Å². The van der Waals surface area contributed by atoms with Crippen molar-refractivity contribution in [3.63, 3.8) is 0 Å². The first kappa shape index (κ1) is 20.2. The van der Waals surface area contributed by atoms with E-state index >= 15 is 0 Å². The standard InChI is InChI=1S/C19H29N3O4/c1-13(2)20-18(24)22-11-10-19(3,25)17(21-15(23)12-26-4)16(22)14-8-6-5-7-9-14/h5-9,13,16-17,25H,10-12H2,1-4H3,(H,20,24)(H,21,23). The van der Waals surface area contributed by atoms with Crippen LogP contribution >= 0.6 is 0 Å². The van der Waals surface area contributed by atoms with Crippen LogP contribution in [0.5, 0.6) is 0 Å². The lowest BCUT2D eigenvalue weighted by Crippen LogP contribution is -2.64. The molecule has 1 heterocycles. The quantitative estimate of drug-likeness (QED) is 0.738. The number of urea groups is 1. The van der Waals surface area contributed by atoms with Crippen molar-refractivity contribution in [2.75, 3.05) is 20.3 Å². The van der Waals surface area contributed by atoms with E-state index in [1.165, 1.54) is 7.11 Å². The van der Waals surface area contributed by atoms with Crippen LogP contribution in [-0.4, -0.2) is 59.9 Å². The number of likely N-dealkylation sites (tertiary alicyclic amines) is 1. The number of piperidine rings is 1. The summed E-state index contributed by atoms with van der Waals surface area (Å²) in [5, 5.41) is 16.7. The molecule has 1 aliphatic heterocycles. The Labute approximate surface area is 154 Å². The average molecular weight is 363 g/mol. The molecule has 26 heavy (non-hydrogen) atoms. The number of carbonyl (C=O) groups is 2. The number of nitrogens with zero attached hydrogens (tertiary/aromatic N) is 1. The second-order valence-corrected chi connectivity index (χ2v) is 7.24. The molecule has 3 unspecified atom stereocenters. The Hall–Kier alpha value is -2.12. The van der Waals surface area contributed by atoms with Gasteiger partial charge in [-0.05, 0) is 32.8 Å². The van der Waals surface area contributed by atoms with Crippen molar-refractivity contribution < 1.29 is 19.4 Å². The van der Waals surface area contributed by atoms with E-state index < -0.39 is 17.7 Å². The molecule has 1 fully saturated rings. The minimum atomic E-state index is -1.15. The molecule has 0 radical (unpaired) electrons. The van der Waals surface area contributed by atoms with E-state index in [1.54, 1.807) is 11.8 Å². The molecule has 2 rings (SSSR count). The molecule has 0 saturated carbocycles. The zero-order valence-electron chi connectivity index (χ0n) is 15.9. The Morgan fingerprint density at radius 2 is 2.00 bits per heavy atom. The van der Waals surface area contributed by atoms with Crippen molar-refractivity contribution in [2.24, 2.45) is 0 Å². The molecular weight excluding hydrogens is 334 g/mol. The van der Waals surface area contributed by atoms with Crippen molar-refractivity contribution in [3.8, 4) is 0 Å². The Kier molecular flexibility index (Phi) is 6.61. The summed E-state index contributed by atoms with van der Waals surface area (Å²) in [7, 11) is 1.44. The topological polar surface area (TPSA) is 90.9 Å². The molecule has 1 aliphatic rings. The molecule has 7 heteroatoms. The molecule has 3 atom stereocenters. The first-order valence-electron chi connectivity index (χ1n) is 8.89. The molecule has 1 aromatic carbocycles. The molecule has 0 bridgehead atoms. The van der Waals surface area contributed by atoms with Crippen LogP contribution in [0.15, 0.2) is 30.3 Å². The van der Waals surface area contributed by atoms with Gasteiger partial charge in [0, 0.05) is 19.7 Å². The summed E-state index contributed by atoms with van der Waals surface area (Å²) in [5.41, 5.74) is -0.299. The van der Waals surface area contributed by atoms with Gasteiger partial charge in [-0.15, -0.1) is 0 Å². The van der Waals surface area contributed by atoms with E-state index in [0.717, 1.165) is 5.56 Å². The Morgan fingerprint density at radius 3 is 2.58 bits per heavy atom. The number of aliphatic hydroxyl groups is 1. The molecule has 0 aliphatic carbocycles. The minimum Gasteiger partial charge on any atom is -0.388 e.